The Balaban J connectivity index is 1.63. The third kappa shape index (κ3) is 4.08. The highest BCUT2D eigenvalue weighted by Crippen LogP contribution is 2.38. The minimum absolute atomic E-state index is 0.121. The number of nitrogens with one attached hydrogen (secondary N) is 2. The lowest BCUT2D eigenvalue weighted by atomic mass is 10.1. The molecule has 1 aliphatic heterocycles. The fraction of sp³-hybridized carbons (Fsp3) is 0.176. The third-order valence-electron chi connectivity index (χ3n) is 3.58. The lowest BCUT2D eigenvalue weighted by Gasteiger charge is -2.20. The van der Waals surface area contributed by atoms with Gasteiger partial charge in [0.2, 0.25) is 5.91 Å². The van der Waals surface area contributed by atoms with Crippen LogP contribution in [0, 0.1) is 17.5 Å². The molecule has 2 amide bonds. The first kappa shape index (κ1) is 18.8. The van der Waals surface area contributed by atoms with E-state index in [0.717, 1.165) is 6.07 Å². The number of benzene rings is 2. The Kier molecular flexibility index (Phi) is 5.41. The van der Waals surface area contributed by atoms with Gasteiger partial charge in [0.1, 0.15) is 13.2 Å². The summed E-state index contributed by atoms with van der Waals surface area (Å²) in [6, 6.07) is 4.29. The van der Waals surface area contributed by atoms with Gasteiger partial charge in [0, 0.05) is 5.56 Å². The monoisotopic (exact) mass is 400 g/mol. The summed E-state index contributed by atoms with van der Waals surface area (Å²) >= 11 is 6.03. The summed E-state index contributed by atoms with van der Waals surface area (Å²) < 4.78 is 50.3. The first-order valence-electron chi connectivity index (χ1n) is 7.67. The van der Waals surface area contributed by atoms with E-state index < -0.39 is 41.5 Å². The fourth-order valence-electron chi connectivity index (χ4n) is 2.32. The van der Waals surface area contributed by atoms with Crippen molar-refractivity contribution in [2.75, 3.05) is 25.1 Å². The standard InChI is InChI=1S/C17H12ClF3N2O4/c18-9-5-8(6-12-16(9)27-4-3-26-12)17(25)22-7-13(24)23-11-2-1-10(19)14(20)15(11)21/h1-2,5-6H,3-4,7H2,(H,22,25)(H,23,24). The summed E-state index contributed by atoms with van der Waals surface area (Å²) in [5.41, 5.74) is -0.424. The highest BCUT2D eigenvalue weighted by atomic mass is 35.5. The Labute approximate surface area is 156 Å². The molecule has 0 aromatic heterocycles. The van der Waals surface area contributed by atoms with Crippen LogP contribution >= 0.6 is 11.6 Å². The summed E-state index contributed by atoms with van der Waals surface area (Å²) in [4.78, 5) is 24.0. The molecule has 6 nitrogen and oxygen atoms in total. The number of anilines is 1. The van der Waals surface area contributed by atoms with Crippen LogP contribution in [0.2, 0.25) is 5.02 Å². The van der Waals surface area contributed by atoms with Crippen molar-refractivity contribution in [3.63, 3.8) is 0 Å². The highest BCUT2D eigenvalue weighted by Gasteiger charge is 2.20. The quantitative estimate of drug-likeness (QED) is 0.774. The number of carbonyl (C=O) groups excluding carboxylic acids is 2. The molecule has 2 N–H and O–H groups in total. The molecular formula is C17H12ClF3N2O4. The average Bonchev–Trinajstić information content (AvgIpc) is 2.66. The summed E-state index contributed by atoms with van der Waals surface area (Å²) in [6.07, 6.45) is 0. The smallest absolute Gasteiger partial charge is 0.251 e. The van der Waals surface area contributed by atoms with Crippen LogP contribution in [-0.2, 0) is 4.79 Å². The van der Waals surface area contributed by atoms with Crippen LogP contribution in [0.1, 0.15) is 10.4 Å². The second-order valence-electron chi connectivity index (χ2n) is 5.44. The zero-order valence-electron chi connectivity index (χ0n) is 13.6. The first-order chi connectivity index (χ1) is 12.9. The molecule has 0 saturated carbocycles. The maximum atomic E-state index is 13.5. The molecule has 0 atom stereocenters. The molecule has 2 aromatic carbocycles. The number of amides is 2. The largest absolute Gasteiger partial charge is 0.486 e. The zero-order valence-corrected chi connectivity index (χ0v) is 14.3. The van der Waals surface area contributed by atoms with Crippen molar-refractivity contribution in [1.29, 1.82) is 0 Å². The first-order valence-corrected chi connectivity index (χ1v) is 8.05. The molecule has 0 saturated heterocycles. The second kappa shape index (κ2) is 7.75. The van der Waals surface area contributed by atoms with Gasteiger partial charge < -0.3 is 20.1 Å². The normalized spacial score (nSPS) is 12.4. The topological polar surface area (TPSA) is 76.7 Å². The second-order valence-corrected chi connectivity index (χ2v) is 5.84. The number of halogens is 4. The number of carbonyl (C=O) groups is 2. The molecule has 0 fully saturated rings. The Hall–Kier alpha value is -2.94. The minimum atomic E-state index is -1.71. The van der Waals surface area contributed by atoms with E-state index in [2.05, 4.69) is 5.32 Å². The molecule has 10 heteroatoms. The molecule has 3 rings (SSSR count). The van der Waals surface area contributed by atoms with E-state index in [0.29, 0.717) is 30.8 Å². The lowest BCUT2D eigenvalue weighted by Crippen LogP contribution is -2.33. The van der Waals surface area contributed by atoms with Crippen molar-refractivity contribution < 1.29 is 32.2 Å². The van der Waals surface area contributed by atoms with E-state index in [1.54, 1.807) is 0 Å². The van der Waals surface area contributed by atoms with Gasteiger partial charge in [-0.15, -0.1) is 0 Å². The van der Waals surface area contributed by atoms with E-state index in [1.807, 2.05) is 5.32 Å². The Morgan fingerprint density at radius 3 is 2.59 bits per heavy atom. The lowest BCUT2D eigenvalue weighted by molar-refractivity contribution is -0.115. The van der Waals surface area contributed by atoms with Crippen LogP contribution in [0.4, 0.5) is 18.9 Å². The molecule has 1 heterocycles. The molecule has 0 bridgehead atoms. The molecule has 27 heavy (non-hydrogen) atoms. The maximum absolute atomic E-state index is 13.5. The van der Waals surface area contributed by atoms with E-state index >= 15 is 0 Å². The van der Waals surface area contributed by atoms with Crippen molar-refractivity contribution in [1.82, 2.24) is 5.32 Å². The van der Waals surface area contributed by atoms with Gasteiger partial charge in [-0.05, 0) is 24.3 Å². The van der Waals surface area contributed by atoms with Gasteiger partial charge in [0.25, 0.3) is 5.91 Å². The van der Waals surface area contributed by atoms with Crippen molar-refractivity contribution in [2.45, 2.75) is 0 Å². The van der Waals surface area contributed by atoms with Crippen molar-refractivity contribution in [2.24, 2.45) is 0 Å². The molecule has 0 aliphatic carbocycles. The van der Waals surface area contributed by atoms with Gasteiger partial charge in [-0.25, -0.2) is 13.2 Å². The summed E-state index contributed by atoms with van der Waals surface area (Å²) in [7, 11) is 0. The van der Waals surface area contributed by atoms with E-state index in [9.17, 15) is 22.8 Å². The van der Waals surface area contributed by atoms with E-state index in [1.165, 1.54) is 12.1 Å². The van der Waals surface area contributed by atoms with Crippen molar-refractivity contribution in [3.8, 4) is 11.5 Å². The number of ether oxygens (including phenoxy) is 2. The SMILES string of the molecule is O=C(CNC(=O)c1cc(Cl)c2c(c1)OCCO2)Nc1ccc(F)c(F)c1F. The number of rotatable bonds is 4. The number of fused-ring (bicyclic) bond motifs is 1. The molecule has 142 valence electrons. The Morgan fingerprint density at radius 1 is 1.07 bits per heavy atom. The van der Waals surface area contributed by atoms with Gasteiger partial charge in [-0.1, -0.05) is 11.6 Å². The fourth-order valence-corrected chi connectivity index (χ4v) is 2.59. The third-order valence-corrected chi connectivity index (χ3v) is 3.86. The van der Waals surface area contributed by atoms with Crippen LogP contribution < -0.4 is 20.1 Å². The van der Waals surface area contributed by atoms with E-state index in [4.69, 9.17) is 21.1 Å². The maximum Gasteiger partial charge on any atom is 0.251 e. The van der Waals surface area contributed by atoms with Crippen molar-refractivity contribution >= 4 is 29.1 Å². The average molecular weight is 401 g/mol. The van der Waals surface area contributed by atoms with Crippen LogP contribution in [0.3, 0.4) is 0 Å². The van der Waals surface area contributed by atoms with Crippen molar-refractivity contribution in [3.05, 3.63) is 52.3 Å². The Bertz CT molecular complexity index is 924. The Morgan fingerprint density at radius 2 is 1.81 bits per heavy atom. The van der Waals surface area contributed by atoms with Gasteiger partial charge in [-0.3, -0.25) is 9.59 Å². The molecule has 0 spiro atoms. The van der Waals surface area contributed by atoms with Crippen LogP contribution in [0.25, 0.3) is 0 Å². The zero-order chi connectivity index (χ0) is 19.6. The summed E-state index contributed by atoms with van der Waals surface area (Å²) in [6.45, 7) is 0.0961. The highest BCUT2D eigenvalue weighted by molar-refractivity contribution is 6.32. The van der Waals surface area contributed by atoms with Crippen LogP contribution in [0.15, 0.2) is 24.3 Å². The van der Waals surface area contributed by atoms with Gasteiger partial charge >= 0.3 is 0 Å². The number of hydrogen-bond donors (Lipinski definition) is 2. The number of hydrogen-bond acceptors (Lipinski definition) is 4. The van der Waals surface area contributed by atoms with Gasteiger partial charge in [-0.2, -0.15) is 0 Å². The summed E-state index contributed by atoms with van der Waals surface area (Å²) in [5.74, 6) is -5.48. The predicted molar refractivity (Wildman–Crippen MR) is 89.7 cm³/mol. The minimum Gasteiger partial charge on any atom is -0.486 e. The summed E-state index contributed by atoms with van der Waals surface area (Å²) in [5, 5.41) is 4.51. The van der Waals surface area contributed by atoms with Gasteiger partial charge in [0.05, 0.1) is 17.3 Å². The van der Waals surface area contributed by atoms with E-state index in [-0.39, 0.29) is 10.6 Å². The molecule has 0 radical (unpaired) electrons. The van der Waals surface area contributed by atoms with Crippen LogP contribution in [-0.4, -0.2) is 31.6 Å². The molecule has 1 aliphatic rings. The van der Waals surface area contributed by atoms with Gasteiger partial charge in [0.15, 0.2) is 29.0 Å². The molecule has 0 unspecified atom stereocenters. The molecule has 2 aromatic rings. The predicted octanol–water partition coefficient (Wildman–Crippen LogP) is 2.90. The van der Waals surface area contributed by atoms with Crippen LogP contribution in [0.5, 0.6) is 11.5 Å². The molecular weight excluding hydrogens is 389 g/mol.